The van der Waals surface area contributed by atoms with Crippen LogP contribution in [0, 0.1) is 0 Å². The summed E-state index contributed by atoms with van der Waals surface area (Å²) in [6.45, 7) is 5.59. The quantitative estimate of drug-likeness (QED) is 0.283. The summed E-state index contributed by atoms with van der Waals surface area (Å²) in [5.74, 6) is 0.587. The van der Waals surface area contributed by atoms with Crippen LogP contribution in [0.1, 0.15) is 48.1 Å². The molecule has 2 aromatic carbocycles. The molecule has 0 spiro atoms. The van der Waals surface area contributed by atoms with Crippen molar-refractivity contribution in [1.29, 1.82) is 0 Å². The Kier molecular flexibility index (Phi) is 6.81. The fourth-order valence-electron chi connectivity index (χ4n) is 7.08. The number of hydrogen-bond donors (Lipinski definition) is 1. The highest BCUT2D eigenvalue weighted by atomic mass is 35.5. The summed E-state index contributed by atoms with van der Waals surface area (Å²) in [5.41, 5.74) is 3.33. The number of halogens is 1. The van der Waals surface area contributed by atoms with Gasteiger partial charge in [-0.15, -0.1) is 0 Å². The molecule has 0 unspecified atom stereocenters. The Labute approximate surface area is 265 Å². The number of rotatable bonds is 8. The molecule has 0 radical (unpaired) electrons. The summed E-state index contributed by atoms with van der Waals surface area (Å²) < 4.78 is 26.2. The van der Waals surface area contributed by atoms with Crippen LogP contribution >= 0.6 is 11.6 Å². The summed E-state index contributed by atoms with van der Waals surface area (Å²) >= 11 is 6.08. The molecule has 234 valence electrons. The van der Waals surface area contributed by atoms with Crippen molar-refractivity contribution in [2.24, 2.45) is 0 Å². The van der Waals surface area contributed by atoms with Crippen molar-refractivity contribution in [3.8, 4) is 17.2 Å². The van der Waals surface area contributed by atoms with E-state index < -0.39 is 11.8 Å². The van der Waals surface area contributed by atoms with Crippen molar-refractivity contribution in [3.63, 3.8) is 0 Å². The summed E-state index contributed by atoms with van der Waals surface area (Å²) in [6.07, 6.45) is 4.84. The molecule has 4 aromatic rings. The molecule has 45 heavy (non-hydrogen) atoms. The normalized spacial score (nSPS) is 25.5. The van der Waals surface area contributed by atoms with Crippen LogP contribution < -0.4 is 19.1 Å². The molecule has 1 N–H and O–H groups in total. The maximum atomic E-state index is 12.0. The minimum Gasteiger partial charge on any atom is -0.496 e. The third-order valence-electron chi connectivity index (χ3n) is 9.66. The van der Waals surface area contributed by atoms with Gasteiger partial charge in [-0.3, -0.25) is 9.88 Å². The van der Waals surface area contributed by atoms with Gasteiger partial charge in [-0.25, -0.2) is 9.78 Å². The largest absolute Gasteiger partial charge is 0.496 e. The summed E-state index contributed by atoms with van der Waals surface area (Å²) in [5, 5.41) is 10.4. The predicted molar refractivity (Wildman–Crippen MR) is 166 cm³/mol. The van der Waals surface area contributed by atoms with Crippen LogP contribution in [0.2, 0.25) is 5.02 Å². The minimum atomic E-state index is -1.05. The smallest absolute Gasteiger partial charge is 0.339 e. The van der Waals surface area contributed by atoms with Gasteiger partial charge in [0.2, 0.25) is 0 Å². The van der Waals surface area contributed by atoms with Gasteiger partial charge in [0.25, 0.3) is 5.79 Å². The van der Waals surface area contributed by atoms with Gasteiger partial charge in [0.05, 0.1) is 48.0 Å². The highest BCUT2D eigenvalue weighted by Gasteiger charge is 2.47. The maximum Gasteiger partial charge on any atom is 0.339 e. The number of ether oxygens (including phenoxy) is 4. The van der Waals surface area contributed by atoms with Gasteiger partial charge >= 0.3 is 5.97 Å². The number of carboxylic acid groups (broad SMARTS) is 1. The molecule has 5 heterocycles. The number of methoxy groups -OCH3 is 1. The fourth-order valence-corrected chi connectivity index (χ4v) is 7.19. The Hall–Kier alpha value is -4.06. The van der Waals surface area contributed by atoms with E-state index in [0.29, 0.717) is 47.4 Å². The minimum absolute atomic E-state index is 0.0981. The average molecular weight is 632 g/mol. The van der Waals surface area contributed by atoms with Crippen LogP contribution in [0.5, 0.6) is 17.2 Å². The number of piperazine rings is 1. The highest BCUT2D eigenvalue weighted by molar-refractivity contribution is 6.30. The van der Waals surface area contributed by atoms with E-state index in [1.165, 1.54) is 7.11 Å². The van der Waals surface area contributed by atoms with E-state index in [1.807, 2.05) is 25.1 Å². The van der Waals surface area contributed by atoms with Crippen molar-refractivity contribution >= 4 is 34.3 Å². The lowest BCUT2D eigenvalue weighted by Crippen LogP contribution is -2.64. The van der Waals surface area contributed by atoms with E-state index in [-0.39, 0.29) is 11.7 Å². The Morgan fingerprint density at radius 3 is 2.67 bits per heavy atom. The van der Waals surface area contributed by atoms with Crippen molar-refractivity contribution in [1.82, 2.24) is 19.4 Å². The predicted octanol–water partition coefficient (Wildman–Crippen LogP) is 5.08. The van der Waals surface area contributed by atoms with E-state index in [4.69, 9.17) is 35.5 Å². The first kappa shape index (κ1) is 28.4. The zero-order valence-corrected chi connectivity index (χ0v) is 25.9. The van der Waals surface area contributed by atoms with E-state index in [9.17, 15) is 9.90 Å². The summed E-state index contributed by atoms with van der Waals surface area (Å²) in [6, 6.07) is 13.8. The molecule has 11 nitrogen and oxygen atoms in total. The molecule has 2 aromatic heterocycles. The number of benzene rings is 2. The van der Waals surface area contributed by atoms with Crippen LogP contribution in [0.3, 0.4) is 0 Å². The zero-order valence-electron chi connectivity index (χ0n) is 25.1. The van der Waals surface area contributed by atoms with Crippen molar-refractivity contribution in [3.05, 3.63) is 70.8 Å². The van der Waals surface area contributed by atoms with E-state index in [2.05, 4.69) is 25.4 Å². The highest BCUT2D eigenvalue weighted by Crippen LogP contribution is 2.51. The first-order valence-corrected chi connectivity index (χ1v) is 15.7. The van der Waals surface area contributed by atoms with E-state index >= 15 is 0 Å². The van der Waals surface area contributed by atoms with Crippen LogP contribution in [0.25, 0.3) is 11.0 Å². The molecule has 3 aliphatic heterocycles. The Bertz CT molecular complexity index is 1790. The van der Waals surface area contributed by atoms with Crippen molar-refractivity contribution in [2.75, 3.05) is 31.7 Å². The van der Waals surface area contributed by atoms with E-state index in [0.717, 1.165) is 67.3 Å². The molecule has 1 aliphatic carbocycles. The number of fused-ring (bicyclic) bond motifs is 3. The molecule has 4 atom stereocenters. The van der Waals surface area contributed by atoms with Gasteiger partial charge in [-0.2, -0.15) is 0 Å². The van der Waals surface area contributed by atoms with Crippen LogP contribution in [0.4, 0.5) is 5.69 Å². The topological polar surface area (TPSA) is 111 Å². The third-order valence-corrected chi connectivity index (χ3v) is 9.89. The monoisotopic (exact) mass is 631 g/mol. The number of aromatic nitrogens is 3. The lowest BCUT2D eigenvalue weighted by Gasteiger charge is -2.54. The Morgan fingerprint density at radius 1 is 1.13 bits per heavy atom. The zero-order chi connectivity index (χ0) is 30.9. The molecule has 1 saturated carbocycles. The Balaban J connectivity index is 1.06. The van der Waals surface area contributed by atoms with Crippen molar-refractivity contribution < 1.29 is 28.8 Å². The standard InChI is InChI=1S/C33H34ClN5O6/c1-33(29-9-6-19(34)16-35-29)44-27-5-3-4-25(31(27)45-33)38-12-11-37(23-7-8-24(23)38)18-30-36-22-15-28(42-2)21(32(40)41)14-26(22)39(30)17-20-10-13-43-20/h3-6,9,14-16,20,23-24H,7-8,10-13,17-18H2,1-2H3,(H,40,41)/t20-,23-,24+,33-/m0/s1. The maximum absolute atomic E-state index is 12.0. The number of hydrogen-bond acceptors (Lipinski definition) is 9. The van der Waals surface area contributed by atoms with Crippen molar-refractivity contribution in [2.45, 2.75) is 63.3 Å². The number of para-hydroxylation sites is 1. The molecular weight excluding hydrogens is 598 g/mol. The number of anilines is 1. The molecule has 8 rings (SSSR count). The number of nitrogens with zero attached hydrogens (tertiary/aromatic N) is 5. The van der Waals surface area contributed by atoms with E-state index in [1.54, 1.807) is 24.4 Å². The number of aromatic carboxylic acids is 1. The molecule has 2 saturated heterocycles. The van der Waals surface area contributed by atoms with Crippen LogP contribution in [0.15, 0.2) is 48.7 Å². The third kappa shape index (κ3) is 4.76. The number of carboxylic acids is 1. The second kappa shape index (κ2) is 10.8. The van der Waals surface area contributed by atoms with Gasteiger partial charge in [0.15, 0.2) is 11.5 Å². The van der Waals surface area contributed by atoms with Gasteiger partial charge in [-0.1, -0.05) is 17.7 Å². The molecule has 12 heteroatoms. The fraction of sp³-hybridized carbons (Fsp3) is 0.424. The molecule has 0 amide bonds. The summed E-state index contributed by atoms with van der Waals surface area (Å²) in [4.78, 5) is 26.5. The van der Waals surface area contributed by atoms with Gasteiger partial charge in [0, 0.05) is 51.0 Å². The first-order valence-electron chi connectivity index (χ1n) is 15.4. The molecule has 0 bridgehead atoms. The van der Waals surface area contributed by atoms with Gasteiger partial charge in [0.1, 0.15) is 22.8 Å². The molecular formula is C33H34ClN5O6. The van der Waals surface area contributed by atoms with Gasteiger partial charge in [-0.05, 0) is 49.6 Å². The van der Waals surface area contributed by atoms with Crippen LogP contribution in [-0.2, 0) is 23.6 Å². The lowest BCUT2D eigenvalue weighted by atomic mass is 9.81. The van der Waals surface area contributed by atoms with Crippen LogP contribution in [-0.4, -0.2) is 75.5 Å². The second-order valence-electron chi connectivity index (χ2n) is 12.3. The number of pyridine rings is 1. The number of carbonyl (C=O) groups is 1. The SMILES string of the molecule is COc1cc2nc(CN3CCN(c4cccc5c4O[C@@](C)(c4ccc(Cl)cn4)O5)[C@@H]4CC[C@@H]43)n(C[C@@H]3CCO3)c2cc1C(=O)O. The van der Waals surface area contributed by atoms with Gasteiger partial charge < -0.3 is 33.5 Å². The number of imidazole rings is 1. The molecule has 4 aliphatic rings. The first-order chi connectivity index (χ1) is 21.8. The average Bonchev–Trinajstić information content (AvgIpc) is 3.51. The second-order valence-corrected chi connectivity index (χ2v) is 12.7. The lowest BCUT2D eigenvalue weighted by molar-refractivity contribution is -0.0717. The Morgan fingerprint density at radius 2 is 1.98 bits per heavy atom. The summed E-state index contributed by atoms with van der Waals surface area (Å²) in [7, 11) is 1.48. The molecule has 3 fully saturated rings.